The van der Waals surface area contributed by atoms with Crippen molar-refractivity contribution in [3.63, 3.8) is 0 Å². The van der Waals surface area contributed by atoms with E-state index >= 15 is 0 Å². The van der Waals surface area contributed by atoms with Gasteiger partial charge >= 0.3 is 11.9 Å². The minimum absolute atomic E-state index is 0.0291. The van der Waals surface area contributed by atoms with Gasteiger partial charge in [-0.1, -0.05) is 6.07 Å². The zero-order valence-electron chi connectivity index (χ0n) is 11.7. The number of carboxylic acid groups (broad SMARTS) is 1. The van der Waals surface area contributed by atoms with Gasteiger partial charge in [0.25, 0.3) is 0 Å². The first kappa shape index (κ1) is 16.1. The van der Waals surface area contributed by atoms with E-state index in [1.165, 1.54) is 18.2 Å². The van der Waals surface area contributed by atoms with Crippen LogP contribution in [0.5, 0.6) is 11.8 Å². The average molecular weight is 323 g/mol. The molecule has 2 rings (SSSR count). The molecule has 0 spiro atoms. The highest BCUT2D eigenvalue weighted by Crippen LogP contribution is 2.42. The first-order valence-corrected chi connectivity index (χ1v) is 6.46. The first-order valence-electron chi connectivity index (χ1n) is 6.46. The van der Waals surface area contributed by atoms with Crippen LogP contribution in [0.25, 0.3) is 10.8 Å². The number of anilines is 1. The number of nitro groups is 1. The topological polar surface area (TPSA) is 169 Å². The van der Waals surface area contributed by atoms with Crippen molar-refractivity contribution in [3.05, 3.63) is 28.3 Å². The monoisotopic (exact) mass is 323 g/mol. The number of aromatic hydroxyl groups is 2. The molecular formula is C13H13N3O7. The van der Waals surface area contributed by atoms with Gasteiger partial charge in [0.1, 0.15) is 4.92 Å². The lowest BCUT2D eigenvalue weighted by Crippen LogP contribution is -2.26. The van der Waals surface area contributed by atoms with Gasteiger partial charge in [-0.25, -0.2) is 4.79 Å². The molecule has 0 aliphatic carbocycles. The third-order valence-corrected chi connectivity index (χ3v) is 3.43. The number of rotatable bonds is 5. The van der Waals surface area contributed by atoms with Crippen LogP contribution >= 0.6 is 0 Å². The smallest absolute Gasteiger partial charge is 0.467 e. The van der Waals surface area contributed by atoms with Crippen LogP contribution in [0.1, 0.15) is 18.9 Å². The zero-order chi connectivity index (χ0) is 17.3. The molecule has 122 valence electrons. The maximum Gasteiger partial charge on any atom is 0.467 e. The fourth-order valence-electron chi connectivity index (χ4n) is 2.40. The zero-order valence-corrected chi connectivity index (χ0v) is 11.7. The molecule has 1 aromatic heterocycles. The van der Waals surface area contributed by atoms with Crippen molar-refractivity contribution in [2.24, 2.45) is 0 Å². The Morgan fingerprint density at radius 2 is 1.96 bits per heavy atom. The van der Waals surface area contributed by atoms with E-state index in [1.807, 2.05) is 0 Å². The van der Waals surface area contributed by atoms with E-state index in [4.69, 9.17) is 10.8 Å². The molecule has 1 aromatic carbocycles. The van der Waals surface area contributed by atoms with Crippen molar-refractivity contribution >= 4 is 28.3 Å². The van der Waals surface area contributed by atoms with Gasteiger partial charge in [0.05, 0.1) is 5.39 Å². The fourth-order valence-corrected chi connectivity index (χ4v) is 2.40. The summed E-state index contributed by atoms with van der Waals surface area (Å²) >= 11 is 0. The van der Waals surface area contributed by atoms with Crippen molar-refractivity contribution in [1.82, 2.24) is 4.57 Å². The molecule has 0 aliphatic rings. The number of amides is 1. The summed E-state index contributed by atoms with van der Waals surface area (Å²) in [6.07, 6.45) is -1.04. The normalized spacial score (nSPS) is 12.2. The molecular weight excluding hydrogens is 310 g/mol. The summed E-state index contributed by atoms with van der Waals surface area (Å²) in [4.78, 5) is 32.0. The Balaban J connectivity index is 2.65. The van der Waals surface area contributed by atoms with Gasteiger partial charge in [0.15, 0.2) is 6.04 Å². The Bertz CT molecular complexity index is 811. The molecule has 1 atom stereocenters. The molecule has 0 saturated carbocycles. The number of nitrogens with two attached hydrogens (primary N) is 1. The van der Waals surface area contributed by atoms with E-state index < -0.39 is 47.4 Å². The molecule has 1 heterocycles. The van der Waals surface area contributed by atoms with Crippen molar-refractivity contribution in [1.29, 1.82) is 0 Å². The molecule has 0 bridgehead atoms. The van der Waals surface area contributed by atoms with Crippen molar-refractivity contribution in [2.45, 2.75) is 18.9 Å². The van der Waals surface area contributed by atoms with Crippen LogP contribution in [0.4, 0.5) is 5.69 Å². The number of fused-ring (bicyclic) bond motifs is 1. The number of hydrogen-bond donors (Lipinski definition) is 4. The van der Waals surface area contributed by atoms with E-state index in [9.17, 15) is 29.9 Å². The molecule has 0 fully saturated rings. The predicted molar refractivity (Wildman–Crippen MR) is 77.6 cm³/mol. The fraction of sp³-hybridized carbons (Fsp3) is 0.231. The summed E-state index contributed by atoms with van der Waals surface area (Å²) in [6.45, 7) is 0. The molecule has 1 amide bonds. The molecule has 10 heteroatoms. The summed E-state index contributed by atoms with van der Waals surface area (Å²) < 4.78 is 0.634. The van der Waals surface area contributed by atoms with Crippen molar-refractivity contribution < 1.29 is 29.8 Å². The number of aromatic nitrogens is 1. The number of nitrogens with zero attached hydrogens (tertiary/aromatic N) is 2. The van der Waals surface area contributed by atoms with Crippen molar-refractivity contribution in [2.75, 3.05) is 5.73 Å². The summed E-state index contributed by atoms with van der Waals surface area (Å²) in [7, 11) is 0. The highest BCUT2D eigenvalue weighted by atomic mass is 16.6. The second kappa shape index (κ2) is 5.83. The summed E-state index contributed by atoms with van der Waals surface area (Å²) in [5, 5.41) is 40.0. The van der Waals surface area contributed by atoms with Crippen LogP contribution in [-0.2, 0) is 9.59 Å². The second-order valence-corrected chi connectivity index (χ2v) is 4.83. The number of nitrogen functional groups attached to an aromatic ring is 1. The third-order valence-electron chi connectivity index (χ3n) is 3.43. The number of carbonyl (C=O) groups excluding carboxylic acids is 1. The summed E-state index contributed by atoms with van der Waals surface area (Å²) in [6, 6.07) is 2.66. The predicted octanol–water partition coefficient (Wildman–Crippen LogP) is 0.844. The van der Waals surface area contributed by atoms with Crippen LogP contribution in [-0.4, -0.2) is 36.7 Å². The lowest BCUT2D eigenvalue weighted by molar-refractivity contribution is -0.406. The van der Waals surface area contributed by atoms with Gasteiger partial charge in [-0.05, 0) is 18.6 Å². The van der Waals surface area contributed by atoms with Gasteiger partial charge < -0.3 is 21.1 Å². The van der Waals surface area contributed by atoms with Crippen molar-refractivity contribution in [3.8, 4) is 11.8 Å². The van der Waals surface area contributed by atoms with Crippen LogP contribution in [0, 0.1) is 10.1 Å². The Morgan fingerprint density at radius 1 is 1.30 bits per heavy atom. The van der Waals surface area contributed by atoms with Crippen LogP contribution in [0.3, 0.4) is 0 Å². The van der Waals surface area contributed by atoms with Gasteiger partial charge in [-0.2, -0.15) is 0 Å². The van der Waals surface area contributed by atoms with E-state index in [-0.39, 0.29) is 16.5 Å². The van der Waals surface area contributed by atoms with Gasteiger partial charge in [-0.3, -0.25) is 19.5 Å². The molecule has 5 N–H and O–H groups in total. The van der Waals surface area contributed by atoms with E-state index in [1.54, 1.807) is 0 Å². The minimum Gasteiger partial charge on any atom is -0.494 e. The van der Waals surface area contributed by atoms with Crippen LogP contribution in [0.15, 0.2) is 18.2 Å². The Hall–Kier alpha value is -3.30. The van der Waals surface area contributed by atoms with E-state index in [0.717, 1.165) is 0 Å². The van der Waals surface area contributed by atoms with Crippen LogP contribution < -0.4 is 5.73 Å². The quantitative estimate of drug-likeness (QED) is 0.356. The molecule has 0 aliphatic heterocycles. The maximum absolute atomic E-state index is 11.8. The second-order valence-electron chi connectivity index (χ2n) is 4.83. The molecule has 0 saturated heterocycles. The Labute approximate surface area is 128 Å². The van der Waals surface area contributed by atoms with Crippen LogP contribution in [0.2, 0.25) is 0 Å². The lowest BCUT2D eigenvalue weighted by atomic mass is 10.1. The maximum atomic E-state index is 11.8. The number of carbonyl (C=O) groups is 2. The number of carboxylic acids is 1. The van der Waals surface area contributed by atoms with Gasteiger partial charge in [0.2, 0.25) is 11.8 Å². The third kappa shape index (κ3) is 2.73. The molecule has 2 aromatic rings. The Morgan fingerprint density at radius 3 is 2.48 bits per heavy atom. The summed E-state index contributed by atoms with van der Waals surface area (Å²) in [5.74, 6) is -4.06. The van der Waals surface area contributed by atoms with E-state index in [0.29, 0.717) is 4.57 Å². The molecule has 10 nitrogen and oxygen atoms in total. The number of hydrogen-bond acceptors (Lipinski definition) is 7. The number of benzene rings is 1. The first-order chi connectivity index (χ1) is 10.8. The van der Waals surface area contributed by atoms with E-state index in [2.05, 4.69) is 0 Å². The van der Waals surface area contributed by atoms with Gasteiger partial charge in [0, 0.05) is 17.5 Å². The Kier molecular flexibility index (Phi) is 4.08. The number of aliphatic carboxylic acids is 1. The average Bonchev–Trinajstić information content (AvgIpc) is 2.73. The highest BCUT2D eigenvalue weighted by molar-refractivity contribution is 6.01. The lowest BCUT2D eigenvalue weighted by Gasteiger charge is -2.14. The SMILES string of the molecule is Nc1cccc2c(O)n([C@@H](CCC(=O)O)C(=O)[N+](=O)[O-])c(O)c12. The van der Waals surface area contributed by atoms with Gasteiger partial charge in [-0.15, -0.1) is 0 Å². The standard InChI is InChI=1S/C13H13N3O7/c14-7-3-1-2-6-10(7)13(21)15(11(6)19)8(4-5-9(17)18)12(20)16(22)23/h1-3,8,19,21H,4-5,14H2,(H,17,18)/t8-/m0/s1. The largest absolute Gasteiger partial charge is 0.494 e. The highest BCUT2D eigenvalue weighted by Gasteiger charge is 2.36. The molecule has 0 unspecified atom stereocenters. The molecule has 0 radical (unpaired) electrons. The molecule has 23 heavy (non-hydrogen) atoms. The summed E-state index contributed by atoms with van der Waals surface area (Å²) in [5.41, 5.74) is 5.80. The minimum atomic E-state index is -1.67.